The molecule has 0 spiro atoms. The monoisotopic (exact) mass is 347 g/mol. The number of fused-ring (bicyclic) bond motifs is 1. The molecular formula is C15H7F2N3O3S. The van der Waals surface area contributed by atoms with Crippen LogP contribution in [-0.2, 0) is 0 Å². The Bertz CT molecular complexity index is 1000. The van der Waals surface area contributed by atoms with E-state index in [0.717, 1.165) is 23.5 Å². The van der Waals surface area contributed by atoms with Gasteiger partial charge >= 0.3 is 0 Å². The Balaban J connectivity index is 1.58. The minimum atomic E-state index is -0.995. The van der Waals surface area contributed by atoms with E-state index in [-0.39, 0.29) is 16.3 Å². The summed E-state index contributed by atoms with van der Waals surface area (Å²) in [7, 11) is 0. The molecule has 1 amide bonds. The molecule has 3 aromatic heterocycles. The number of hydrogen-bond donors (Lipinski definition) is 1. The van der Waals surface area contributed by atoms with Crippen molar-refractivity contribution in [2.24, 2.45) is 0 Å². The van der Waals surface area contributed by atoms with E-state index >= 15 is 0 Å². The summed E-state index contributed by atoms with van der Waals surface area (Å²) in [5, 5.41) is 6.37. The lowest BCUT2D eigenvalue weighted by molar-refractivity contribution is 0.101. The van der Waals surface area contributed by atoms with Gasteiger partial charge in [0.05, 0.1) is 16.5 Å². The zero-order chi connectivity index (χ0) is 16.7. The van der Waals surface area contributed by atoms with Gasteiger partial charge in [-0.25, -0.2) is 13.8 Å². The Hall–Kier alpha value is -3.07. The second-order valence-corrected chi connectivity index (χ2v) is 5.79. The van der Waals surface area contributed by atoms with E-state index < -0.39 is 17.5 Å². The number of hydrogen-bond acceptors (Lipinski definition) is 6. The summed E-state index contributed by atoms with van der Waals surface area (Å²) in [4.78, 5) is 16.2. The smallest absolute Gasteiger partial charge is 0.279 e. The van der Waals surface area contributed by atoms with Gasteiger partial charge in [-0.1, -0.05) is 16.5 Å². The molecule has 120 valence electrons. The molecule has 0 radical (unpaired) electrons. The second kappa shape index (κ2) is 5.53. The number of furan rings is 1. The number of amides is 1. The molecule has 0 saturated heterocycles. The highest BCUT2D eigenvalue weighted by atomic mass is 32.1. The van der Waals surface area contributed by atoms with Gasteiger partial charge in [-0.2, -0.15) is 0 Å². The minimum Gasteiger partial charge on any atom is -0.461 e. The predicted molar refractivity (Wildman–Crippen MR) is 81.7 cm³/mol. The summed E-state index contributed by atoms with van der Waals surface area (Å²) in [6.07, 6.45) is 1.47. The molecule has 0 aliphatic rings. The Morgan fingerprint density at radius 2 is 2.00 bits per heavy atom. The van der Waals surface area contributed by atoms with Crippen molar-refractivity contribution in [3.8, 4) is 11.5 Å². The number of nitrogens with zero attached hydrogens (tertiary/aromatic N) is 2. The number of carbonyl (C=O) groups excluding carboxylic acids is 1. The first-order valence-corrected chi connectivity index (χ1v) is 7.49. The van der Waals surface area contributed by atoms with Gasteiger partial charge in [0.1, 0.15) is 0 Å². The van der Waals surface area contributed by atoms with Gasteiger partial charge in [0.15, 0.2) is 28.2 Å². The van der Waals surface area contributed by atoms with Crippen molar-refractivity contribution in [2.45, 2.75) is 0 Å². The molecule has 0 bridgehead atoms. The van der Waals surface area contributed by atoms with E-state index in [1.54, 1.807) is 12.1 Å². The largest absolute Gasteiger partial charge is 0.461 e. The highest BCUT2D eigenvalue weighted by molar-refractivity contribution is 7.22. The fourth-order valence-corrected chi connectivity index (χ4v) is 2.92. The van der Waals surface area contributed by atoms with Gasteiger partial charge in [-0.15, -0.1) is 0 Å². The number of benzene rings is 1. The van der Waals surface area contributed by atoms with Crippen molar-refractivity contribution >= 4 is 32.6 Å². The van der Waals surface area contributed by atoms with E-state index in [2.05, 4.69) is 15.5 Å². The quantitative estimate of drug-likeness (QED) is 0.604. The number of thiazole rings is 1. The van der Waals surface area contributed by atoms with E-state index in [1.165, 1.54) is 12.3 Å². The Morgan fingerprint density at radius 1 is 1.17 bits per heavy atom. The van der Waals surface area contributed by atoms with Crippen LogP contribution >= 0.6 is 11.3 Å². The summed E-state index contributed by atoms with van der Waals surface area (Å²) in [5.74, 6) is -1.78. The van der Waals surface area contributed by atoms with Crippen molar-refractivity contribution in [3.05, 3.63) is 53.9 Å². The van der Waals surface area contributed by atoms with Gasteiger partial charge in [-0.05, 0) is 18.2 Å². The number of halogens is 2. The van der Waals surface area contributed by atoms with E-state index in [9.17, 15) is 13.6 Å². The molecule has 4 aromatic rings. The zero-order valence-electron chi connectivity index (χ0n) is 11.7. The van der Waals surface area contributed by atoms with Gasteiger partial charge in [0.25, 0.3) is 5.91 Å². The molecule has 1 N–H and O–H groups in total. The molecule has 6 nitrogen and oxygen atoms in total. The van der Waals surface area contributed by atoms with Crippen LogP contribution in [0.15, 0.2) is 45.5 Å². The number of aromatic nitrogens is 2. The molecule has 9 heteroatoms. The van der Waals surface area contributed by atoms with Gasteiger partial charge in [0, 0.05) is 12.1 Å². The molecule has 24 heavy (non-hydrogen) atoms. The maximum absolute atomic E-state index is 13.2. The second-order valence-electron chi connectivity index (χ2n) is 4.76. The lowest BCUT2D eigenvalue weighted by Gasteiger charge is -1.95. The van der Waals surface area contributed by atoms with Crippen LogP contribution in [0.25, 0.3) is 21.7 Å². The van der Waals surface area contributed by atoms with Crippen LogP contribution in [-0.4, -0.2) is 16.0 Å². The number of carbonyl (C=O) groups is 1. The Morgan fingerprint density at radius 3 is 2.79 bits per heavy atom. The van der Waals surface area contributed by atoms with Crippen LogP contribution in [0.2, 0.25) is 0 Å². The van der Waals surface area contributed by atoms with Crippen molar-refractivity contribution in [3.63, 3.8) is 0 Å². The fourth-order valence-electron chi connectivity index (χ4n) is 2.06. The molecule has 1 aromatic carbocycles. The number of anilines is 1. The SMILES string of the molecule is O=C(Nc1nc2cc(F)c(F)cc2s1)c1cc(-c2ccco2)on1. The van der Waals surface area contributed by atoms with Crippen molar-refractivity contribution in [2.75, 3.05) is 5.32 Å². The first-order chi connectivity index (χ1) is 11.6. The normalized spacial score (nSPS) is 11.1. The van der Waals surface area contributed by atoms with Gasteiger partial charge in [0.2, 0.25) is 5.76 Å². The summed E-state index contributed by atoms with van der Waals surface area (Å²) >= 11 is 1.02. The average molecular weight is 347 g/mol. The molecule has 0 fully saturated rings. The maximum atomic E-state index is 13.2. The highest BCUT2D eigenvalue weighted by Gasteiger charge is 2.17. The molecule has 4 rings (SSSR count). The Kier molecular flexibility index (Phi) is 3.35. The predicted octanol–water partition coefficient (Wildman–Crippen LogP) is 4.07. The molecule has 0 saturated carbocycles. The third kappa shape index (κ3) is 2.54. The zero-order valence-corrected chi connectivity index (χ0v) is 12.6. The minimum absolute atomic E-state index is 0.0259. The molecule has 0 aliphatic heterocycles. The maximum Gasteiger partial charge on any atom is 0.279 e. The summed E-state index contributed by atoms with van der Waals surface area (Å²) in [5.41, 5.74) is 0.281. The van der Waals surface area contributed by atoms with Crippen LogP contribution in [0.4, 0.5) is 13.9 Å². The third-order valence-corrected chi connectivity index (χ3v) is 4.09. The van der Waals surface area contributed by atoms with Crippen LogP contribution in [0, 0.1) is 11.6 Å². The molecule has 0 atom stereocenters. The lowest BCUT2D eigenvalue weighted by atomic mass is 10.3. The van der Waals surface area contributed by atoms with Gasteiger partial charge in [-0.3, -0.25) is 10.1 Å². The van der Waals surface area contributed by atoms with Crippen LogP contribution in [0.5, 0.6) is 0 Å². The number of nitrogens with one attached hydrogen (secondary N) is 1. The molecule has 0 unspecified atom stereocenters. The molecule has 3 heterocycles. The summed E-state index contributed by atoms with van der Waals surface area (Å²) < 4.78 is 37.0. The summed E-state index contributed by atoms with van der Waals surface area (Å²) in [6, 6.07) is 6.77. The lowest BCUT2D eigenvalue weighted by Crippen LogP contribution is -2.11. The van der Waals surface area contributed by atoms with E-state index in [4.69, 9.17) is 8.94 Å². The average Bonchev–Trinajstić information content (AvgIpc) is 3.27. The third-order valence-electron chi connectivity index (χ3n) is 3.16. The van der Waals surface area contributed by atoms with Crippen LogP contribution in [0.3, 0.4) is 0 Å². The topological polar surface area (TPSA) is 81.2 Å². The molecular weight excluding hydrogens is 340 g/mol. The molecule has 0 aliphatic carbocycles. The van der Waals surface area contributed by atoms with Crippen LogP contribution < -0.4 is 5.32 Å². The van der Waals surface area contributed by atoms with Gasteiger partial charge < -0.3 is 8.94 Å². The standard InChI is InChI=1S/C15H7F2N3O3S/c16-7-4-9-13(5-8(7)17)24-15(18-9)19-14(21)10-6-12(23-20-10)11-2-1-3-22-11/h1-6H,(H,18,19,21). The summed E-state index contributed by atoms with van der Waals surface area (Å²) in [6.45, 7) is 0. The number of rotatable bonds is 3. The fraction of sp³-hybridized carbons (Fsp3) is 0. The Labute approximate surface area is 136 Å². The highest BCUT2D eigenvalue weighted by Crippen LogP contribution is 2.28. The van der Waals surface area contributed by atoms with Crippen molar-refractivity contribution in [1.29, 1.82) is 0 Å². The van der Waals surface area contributed by atoms with Crippen molar-refractivity contribution < 1.29 is 22.5 Å². The van der Waals surface area contributed by atoms with Crippen LogP contribution in [0.1, 0.15) is 10.5 Å². The van der Waals surface area contributed by atoms with E-state index in [0.29, 0.717) is 16.2 Å². The van der Waals surface area contributed by atoms with Crippen molar-refractivity contribution in [1.82, 2.24) is 10.1 Å². The first kappa shape index (κ1) is 14.5. The van der Waals surface area contributed by atoms with E-state index in [1.807, 2.05) is 0 Å². The first-order valence-electron chi connectivity index (χ1n) is 6.68.